The molecule has 1 fully saturated rings. The summed E-state index contributed by atoms with van der Waals surface area (Å²) in [6.45, 7) is 7.33. The molecule has 4 rings (SSSR count). The zero-order valence-corrected chi connectivity index (χ0v) is 16.9. The highest BCUT2D eigenvalue weighted by Crippen LogP contribution is 2.28. The topological polar surface area (TPSA) is 51.4 Å². The number of aromatic amines is 1. The number of halogens is 1. The van der Waals surface area contributed by atoms with Crippen LogP contribution < -0.4 is 10.2 Å². The predicted octanol–water partition coefficient (Wildman–Crippen LogP) is 4.32. The summed E-state index contributed by atoms with van der Waals surface area (Å²) in [5.41, 5.74) is 3.44. The number of H-pyrrole nitrogens is 1. The molecule has 0 unspecified atom stereocenters. The van der Waals surface area contributed by atoms with Crippen molar-refractivity contribution in [3.8, 4) is 0 Å². The average molecular weight is 427 g/mol. The first-order valence-corrected chi connectivity index (χ1v) is 10.1. The molecular formula is C21H23BrN4O. The lowest BCUT2D eigenvalue weighted by molar-refractivity contribution is 0.102. The minimum Gasteiger partial charge on any atom is -0.367 e. The number of piperazine rings is 1. The molecule has 3 aromatic rings. The van der Waals surface area contributed by atoms with E-state index in [1.54, 1.807) is 0 Å². The number of fused-ring (bicyclic) bond motifs is 1. The van der Waals surface area contributed by atoms with Crippen LogP contribution in [0, 0.1) is 0 Å². The number of anilines is 2. The third-order valence-electron chi connectivity index (χ3n) is 5.14. The Morgan fingerprint density at radius 2 is 1.89 bits per heavy atom. The Morgan fingerprint density at radius 1 is 1.11 bits per heavy atom. The maximum atomic E-state index is 12.8. The molecule has 1 aromatic heterocycles. The number of rotatable bonds is 4. The summed E-state index contributed by atoms with van der Waals surface area (Å²) < 4.78 is 0.986. The Bertz CT molecular complexity index is 960. The molecule has 1 aliphatic rings. The van der Waals surface area contributed by atoms with Crippen molar-refractivity contribution >= 4 is 44.1 Å². The largest absolute Gasteiger partial charge is 0.367 e. The molecule has 0 atom stereocenters. The van der Waals surface area contributed by atoms with Crippen LogP contribution in [0.2, 0.25) is 0 Å². The van der Waals surface area contributed by atoms with Gasteiger partial charge in [0, 0.05) is 41.6 Å². The van der Waals surface area contributed by atoms with Crippen LogP contribution in [0.3, 0.4) is 0 Å². The highest BCUT2D eigenvalue weighted by Gasteiger charge is 2.19. The molecule has 2 N–H and O–H groups in total. The molecule has 0 spiro atoms. The van der Waals surface area contributed by atoms with E-state index in [4.69, 9.17) is 0 Å². The second-order valence-electron chi connectivity index (χ2n) is 6.81. The van der Waals surface area contributed by atoms with E-state index in [1.807, 2.05) is 42.5 Å². The second kappa shape index (κ2) is 7.74. The molecule has 0 saturated carbocycles. The van der Waals surface area contributed by atoms with Gasteiger partial charge < -0.3 is 20.1 Å². The summed E-state index contributed by atoms with van der Waals surface area (Å²) in [5, 5.41) is 4.11. The Morgan fingerprint density at radius 3 is 2.67 bits per heavy atom. The fourth-order valence-corrected chi connectivity index (χ4v) is 3.93. The molecule has 140 valence electrons. The number of hydrogen-bond donors (Lipinski definition) is 2. The summed E-state index contributed by atoms with van der Waals surface area (Å²) in [4.78, 5) is 20.8. The molecule has 1 amide bonds. The lowest BCUT2D eigenvalue weighted by atomic mass is 10.2. The molecule has 2 aromatic carbocycles. The van der Waals surface area contributed by atoms with E-state index in [1.165, 1.54) is 0 Å². The van der Waals surface area contributed by atoms with Gasteiger partial charge in [0.25, 0.3) is 5.91 Å². The van der Waals surface area contributed by atoms with E-state index in [0.29, 0.717) is 5.69 Å². The first kappa shape index (κ1) is 18.1. The number of carbonyl (C=O) groups is 1. The average Bonchev–Trinajstić information content (AvgIpc) is 3.12. The standard InChI is InChI=1S/C21H23BrN4O/c1-2-25-9-11-26(12-10-25)20-6-4-3-5-17(20)24-21(27)19-13-15-7-8-16(22)14-18(15)23-19/h3-8,13-14,23H,2,9-12H2,1H3,(H,24,27). The third-order valence-corrected chi connectivity index (χ3v) is 5.63. The number of nitrogens with one attached hydrogen (secondary N) is 2. The Balaban J connectivity index is 1.54. The number of para-hydroxylation sites is 2. The molecular weight excluding hydrogens is 404 g/mol. The van der Waals surface area contributed by atoms with E-state index in [-0.39, 0.29) is 5.91 Å². The van der Waals surface area contributed by atoms with Crippen LogP contribution in [-0.4, -0.2) is 48.5 Å². The highest BCUT2D eigenvalue weighted by molar-refractivity contribution is 9.10. The zero-order chi connectivity index (χ0) is 18.8. The van der Waals surface area contributed by atoms with Gasteiger partial charge in [-0.05, 0) is 36.9 Å². The molecule has 5 nitrogen and oxygen atoms in total. The van der Waals surface area contributed by atoms with Gasteiger partial charge in [-0.15, -0.1) is 0 Å². The Kier molecular flexibility index (Phi) is 5.18. The number of likely N-dealkylation sites (N-methyl/N-ethyl adjacent to an activating group) is 1. The molecule has 0 bridgehead atoms. The van der Waals surface area contributed by atoms with Crippen molar-refractivity contribution in [1.82, 2.24) is 9.88 Å². The van der Waals surface area contributed by atoms with Gasteiger partial charge in [-0.3, -0.25) is 4.79 Å². The van der Waals surface area contributed by atoms with E-state index in [0.717, 1.165) is 59.5 Å². The second-order valence-corrected chi connectivity index (χ2v) is 7.72. The first-order valence-electron chi connectivity index (χ1n) is 9.30. The molecule has 1 saturated heterocycles. The van der Waals surface area contributed by atoms with Crippen molar-refractivity contribution in [2.24, 2.45) is 0 Å². The van der Waals surface area contributed by atoms with Gasteiger partial charge in [-0.25, -0.2) is 0 Å². The fraction of sp³-hybridized carbons (Fsp3) is 0.286. The van der Waals surface area contributed by atoms with Gasteiger partial charge >= 0.3 is 0 Å². The van der Waals surface area contributed by atoms with Gasteiger partial charge in [-0.2, -0.15) is 0 Å². The van der Waals surface area contributed by atoms with E-state index < -0.39 is 0 Å². The van der Waals surface area contributed by atoms with Crippen LogP contribution in [0.4, 0.5) is 11.4 Å². The lowest BCUT2D eigenvalue weighted by Gasteiger charge is -2.36. The van der Waals surface area contributed by atoms with Gasteiger partial charge in [0.2, 0.25) is 0 Å². The number of nitrogens with zero attached hydrogens (tertiary/aromatic N) is 2. The summed E-state index contributed by atoms with van der Waals surface area (Å²) >= 11 is 3.47. The van der Waals surface area contributed by atoms with E-state index in [2.05, 4.69) is 49.0 Å². The van der Waals surface area contributed by atoms with Crippen molar-refractivity contribution in [2.75, 3.05) is 42.9 Å². The van der Waals surface area contributed by atoms with Crippen molar-refractivity contribution < 1.29 is 4.79 Å². The maximum Gasteiger partial charge on any atom is 0.272 e. The molecule has 0 aliphatic carbocycles. The zero-order valence-electron chi connectivity index (χ0n) is 15.3. The van der Waals surface area contributed by atoms with Crippen LogP contribution in [-0.2, 0) is 0 Å². The third kappa shape index (κ3) is 3.87. The summed E-state index contributed by atoms with van der Waals surface area (Å²) in [5.74, 6) is -0.123. The molecule has 27 heavy (non-hydrogen) atoms. The van der Waals surface area contributed by atoms with Crippen molar-refractivity contribution in [1.29, 1.82) is 0 Å². The minimum absolute atomic E-state index is 0.123. The molecule has 2 heterocycles. The van der Waals surface area contributed by atoms with E-state index >= 15 is 0 Å². The van der Waals surface area contributed by atoms with Crippen molar-refractivity contribution in [2.45, 2.75) is 6.92 Å². The van der Waals surface area contributed by atoms with Crippen LogP contribution in [0.1, 0.15) is 17.4 Å². The minimum atomic E-state index is -0.123. The van der Waals surface area contributed by atoms with Gasteiger partial charge in [0.05, 0.1) is 11.4 Å². The lowest BCUT2D eigenvalue weighted by Crippen LogP contribution is -2.46. The van der Waals surface area contributed by atoms with Gasteiger partial charge in [-0.1, -0.05) is 41.1 Å². The number of carbonyl (C=O) groups excluding carboxylic acids is 1. The first-order chi connectivity index (χ1) is 13.1. The van der Waals surface area contributed by atoms with E-state index in [9.17, 15) is 4.79 Å². The van der Waals surface area contributed by atoms with Crippen LogP contribution >= 0.6 is 15.9 Å². The summed E-state index contributed by atoms with van der Waals surface area (Å²) in [6.07, 6.45) is 0. The van der Waals surface area contributed by atoms with Crippen LogP contribution in [0.15, 0.2) is 53.0 Å². The SMILES string of the molecule is CCN1CCN(c2ccccc2NC(=O)c2cc3ccc(Br)cc3[nH]2)CC1. The molecule has 1 aliphatic heterocycles. The number of aromatic nitrogens is 1. The number of hydrogen-bond acceptors (Lipinski definition) is 3. The van der Waals surface area contributed by atoms with Crippen molar-refractivity contribution in [3.63, 3.8) is 0 Å². The van der Waals surface area contributed by atoms with Crippen LogP contribution in [0.25, 0.3) is 10.9 Å². The summed E-state index contributed by atoms with van der Waals surface area (Å²) in [6, 6.07) is 15.9. The quantitative estimate of drug-likeness (QED) is 0.652. The Hall–Kier alpha value is -2.31. The Labute approximate surface area is 167 Å². The normalized spacial score (nSPS) is 15.3. The number of amides is 1. The van der Waals surface area contributed by atoms with Crippen LogP contribution in [0.5, 0.6) is 0 Å². The molecule has 6 heteroatoms. The summed E-state index contributed by atoms with van der Waals surface area (Å²) in [7, 11) is 0. The highest BCUT2D eigenvalue weighted by atomic mass is 79.9. The predicted molar refractivity (Wildman–Crippen MR) is 115 cm³/mol. The smallest absolute Gasteiger partial charge is 0.272 e. The maximum absolute atomic E-state index is 12.8. The van der Waals surface area contributed by atoms with Gasteiger partial charge in [0.15, 0.2) is 0 Å². The fourth-order valence-electron chi connectivity index (χ4n) is 3.57. The molecule has 0 radical (unpaired) electrons. The van der Waals surface area contributed by atoms with Gasteiger partial charge in [0.1, 0.15) is 5.69 Å². The monoisotopic (exact) mass is 426 g/mol. The van der Waals surface area contributed by atoms with Crippen molar-refractivity contribution in [3.05, 3.63) is 58.7 Å². The number of benzene rings is 2.